The Hall–Kier alpha value is -1.98. The number of benzene rings is 2. The summed E-state index contributed by atoms with van der Waals surface area (Å²) in [4.78, 5) is 0. The summed E-state index contributed by atoms with van der Waals surface area (Å²) in [6.45, 7) is 4.41. The molecule has 1 atom stereocenters. The molecule has 0 fully saturated rings. The van der Waals surface area contributed by atoms with E-state index in [2.05, 4.69) is 37.4 Å². The van der Waals surface area contributed by atoms with Crippen LogP contribution < -0.4 is 5.32 Å². The maximum absolute atomic E-state index is 8.90. The first-order chi connectivity index (χ1) is 10.1. The molecule has 2 aromatic rings. The Bertz CT molecular complexity index is 629. The van der Waals surface area contributed by atoms with Crippen molar-refractivity contribution in [2.75, 3.05) is 5.32 Å². The lowest BCUT2D eigenvalue weighted by atomic mass is 9.96. The molecule has 0 saturated carbocycles. The van der Waals surface area contributed by atoms with E-state index in [0.717, 1.165) is 12.1 Å². The number of halogens is 1. The highest BCUT2D eigenvalue weighted by Gasteiger charge is 2.14. The average Bonchev–Trinajstić information content (AvgIpc) is 2.49. The Kier molecular flexibility index (Phi) is 5.25. The topological polar surface area (TPSA) is 35.8 Å². The van der Waals surface area contributed by atoms with Crippen molar-refractivity contribution in [3.8, 4) is 6.07 Å². The number of hydrogen-bond donors (Lipinski definition) is 1. The summed E-state index contributed by atoms with van der Waals surface area (Å²) < 4.78 is 0. The Labute approximate surface area is 131 Å². The minimum Gasteiger partial charge on any atom is -0.377 e. The van der Waals surface area contributed by atoms with Gasteiger partial charge in [0.2, 0.25) is 0 Å². The van der Waals surface area contributed by atoms with Crippen molar-refractivity contribution in [1.82, 2.24) is 0 Å². The van der Waals surface area contributed by atoms with Crippen molar-refractivity contribution in [2.24, 2.45) is 5.92 Å². The minimum absolute atomic E-state index is 0.205. The molecule has 0 heterocycles. The van der Waals surface area contributed by atoms with Crippen molar-refractivity contribution in [3.05, 3.63) is 64.7 Å². The van der Waals surface area contributed by atoms with E-state index in [-0.39, 0.29) is 6.04 Å². The van der Waals surface area contributed by atoms with E-state index in [1.165, 1.54) is 5.56 Å². The highest BCUT2D eigenvalue weighted by Crippen LogP contribution is 2.30. The first-order valence-corrected chi connectivity index (χ1v) is 7.49. The van der Waals surface area contributed by atoms with Gasteiger partial charge in [0, 0.05) is 0 Å². The second-order valence-electron chi connectivity index (χ2n) is 5.54. The highest BCUT2D eigenvalue weighted by atomic mass is 35.5. The number of nitrogens with one attached hydrogen (secondary N) is 1. The lowest BCUT2D eigenvalue weighted by molar-refractivity contribution is 0.531. The lowest BCUT2D eigenvalue weighted by Gasteiger charge is -2.23. The van der Waals surface area contributed by atoms with Gasteiger partial charge in [-0.15, -0.1) is 0 Å². The van der Waals surface area contributed by atoms with E-state index < -0.39 is 0 Å². The fourth-order valence-corrected chi connectivity index (χ4v) is 2.56. The van der Waals surface area contributed by atoms with Crippen LogP contribution in [0.2, 0.25) is 5.02 Å². The van der Waals surface area contributed by atoms with Crippen molar-refractivity contribution >= 4 is 17.3 Å². The maximum Gasteiger partial charge on any atom is 0.0992 e. The van der Waals surface area contributed by atoms with Crippen LogP contribution in [0.5, 0.6) is 0 Å². The summed E-state index contributed by atoms with van der Waals surface area (Å²) in [5.74, 6) is 0.569. The predicted molar refractivity (Wildman–Crippen MR) is 88.4 cm³/mol. The Morgan fingerprint density at radius 2 is 1.86 bits per heavy atom. The van der Waals surface area contributed by atoms with E-state index in [1.807, 2.05) is 24.3 Å². The first kappa shape index (κ1) is 15.4. The van der Waals surface area contributed by atoms with Crippen molar-refractivity contribution in [1.29, 1.82) is 5.26 Å². The Morgan fingerprint density at radius 1 is 1.14 bits per heavy atom. The maximum atomic E-state index is 8.90. The van der Waals surface area contributed by atoms with E-state index in [9.17, 15) is 0 Å². The third-order valence-corrected chi connectivity index (χ3v) is 3.65. The SMILES string of the molecule is CC(C)CC(Nc1ccc(C#N)cc1Cl)c1ccccc1. The monoisotopic (exact) mass is 298 g/mol. The molecule has 0 amide bonds. The largest absolute Gasteiger partial charge is 0.377 e. The molecule has 2 nitrogen and oxygen atoms in total. The van der Waals surface area contributed by atoms with Gasteiger partial charge in [-0.3, -0.25) is 0 Å². The lowest BCUT2D eigenvalue weighted by Crippen LogP contribution is -2.13. The molecule has 0 aliphatic carbocycles. The van der Waals surface area contributed by atoms with Gasteiger partial charge in [-0.1, -0.05) is 55.8 Å². The Balaban J connectivity index is 2.25. The summed E-state index contributed by atoms with van der Waals surface area (Å²) in [7, 11) is 0. The van der Waals surface area contributed by atoms with E-state index in [4.69, 9.17) is 16.9 Å². The molecule has 0 saturated heterocycles. The van der Waals surface area contributed by atoms with Crippen LogP contribution in [0.15, 0.2) is 48.5 Å². The van der Waals surface area contributed by atoms with Gasteiger partial charge >= 0.3 is 0 Å². The van der Waals surface area contributed by atoms with Gasteiger partial charge in [0.15, 0.2) is 0 Å². The van der Waals surface area contributed by atoms with Crippen LogP contribution in [0.4, 0.5) is 5.69 Å². The van der Waals surface area contributed by atoms with E-state index >= 15 is 0 Å². The molecule has 0 aliphatic rings. The van der Waals surface area contributed by atoms with Gasteiger partial charge in [-0.25, -0.2) is 0 Å². The quantitative estimate of drug-likeness (QED) is 0.801. The first-order valence-electron chi connectivity index (χ1n) is 7.11. The molecule has 0 aromatic heterocycles. The molecule has 1 N–H and O–H groups in total. The fraction of sp³-hybridized carbons (Fsp3) is 0.278. The summed E-state index contributed by atoms with van der Waals surface area (Å²) in [6.07, 6.45) is 1.01. The van der Waals surface area contributed by atoms with Crippen LogP contribution in [-0.4, -0.2) is 0 Å². The van der Waals surface area contributed by atoms with Crippen LogP contribution in [0.25, 0.3) is 0 Å². The second-order valence-corrected chi connectivity index (χ2v) is 5.95. The molecule has 2 rings (SSSR count). The summed E-state index contributed by atoms with van der Waals surface area (Å²) in [5.41, 5.74) is 2.68. The molecule has 3 heteroatoms. The molecule has 0 aliphatic heterocycles. The third-order valence-electron chi connectivity index (χ3n) is 3.34. The van der Waals surface area contributed by atoms with Crippen LogP contribution in [0, 0.1) is 17.2 Å². The number of nitrogens with zero attached hydrogens (tertiary/aromatic N) is 1. The molecular weight excluding hydrogens is 280 g/mol. The number of hydrogen-bond acceptors (Lipinski definition) is 2. The zero-order valence-electron chi connectivity index (χ0n) is 12.3. The summed E-state index contributed by atoms with van der Waals surface area (Å²) in [6, 6.07) is 18.0. The zero-order valence-corrected chi connectivity index (χ0v) is 13.1. The highest BCUT2D eigenvalue weighted by molar-refractivity contribution is 6.33. The van der Waals surface area contributed by atoms with Crippen LogP contribution in [0.1, 0.15) is 37.4 Å². The molecule has 21 heavy (non-hydrogen) atoms. The van der Waals surface area contributed by atoms with Crippen LogP contribution in [-0.2, 0) is 0 Å². The van der Waals surface area contributed by atoms with Crippen LogP contribution in [0.3, 0.4) is 0 Å². The van der Waals surface area contributed by atoms with Gasteiger partial charge in [0.1, 0.15) is 0 Å². The van der Waals surface area contributed by atoms with E-state index in [0.29, 0.717) is 16.5 Å². The van der Waals surface area contributed by atoms with Gasteiger partial charge in [-0.2, -0.15) is 5.26 Å². The number of anilines is 1. The summed E-state index contributed by atoms with van der Waals surface area (Å²) in [5, 5.41) is 13.0. The van der Waals surface area contributed by atoms with Gasteiger partial charge < -0.3 is 5.32 Å². The standard InChI is InChI=1S/C18H19ClN2/c1-13(2)10-18(15-6-4-3-5-7-15)21-17-9-8-14(12-20)11-16(17)19/h3-9,11,13,18,21H,10H2,1-2H3. The molecule has 0 spiro atoms. The van der Waals surface area contributed by atoms with E-state index in [1.54, 1.807) is 12.1 Å². The molecule has 0 radical (unpaired) electrons. The fourth-order valence-electron chi connectivity index (χ4n) is 2.32. The number of rotatable bonds is 5. The average molecular weight is 299 g/mol. The van der Waals surface area contributed by atoms with Crippen molar-refractivity contribution in [2.45, 2.75) is 26.3 Å². The van der Waals surface area contributed by atoms with Gasteiger partial charge in [-0.05, 0) is 36.1 Å². The van der Waals surface area contributed by atoms with Gasteiger partial charge in [0.05, 0.1) is 28.4 Å². The molecule has 108 valence electrons. The zero-order chi connectivity index (χ0) is 15.2. The van der Waals surface area contributed by atoms with Crippen molar-refractivity contribution in [3.63, 3.8) is 0 Å². The second kappa shape index (κ2) is 7.15. The van der Waals surface area contributed by atoms with Crippen molar-refractivity contribution < 1.29 is 0 Å². The Morgan fingerprint density at radius 3 is 2.43 bits per heavy atom. The smallest absolute Gasteiger partial charge is 0.0992 e. The minimum atomic E-state index is 0.205. The molecular formula is C18H19ClN2. The van der Waals surface area contributed by atoms with Gasteiger partial charge in [0.25, 0.3) is 0 Å². The number of nitriles is 1. The normalized spacial score (nSPS) is 12.0. The summed E-state index contributed by atoms with van der Waals surface area (Å²) >= 11 is 6.26. The molecule has 2 aromatic carbocycles. The predicted octanol–water partition coefficient (Wildman–Crippen LogP) is 5.41. The molecule has 1 unspecified atom stereocenters. The molecule has 0 bridgehead atoms. The van der Waals surface area contributed by atoms with Crippen LogP contribution >= 0.6 is 11.6 Å². The third kappa shape index (κ3) is 4.24.